The first kappa shape index (κ1) is 11.6. The van der Waals surface area contributed by atoms with Gasteiger partial charge >= 0.3 is 5.97 Å². The Hall–Kier alpha value is -2.44. The molecule has 98 valence electrons. The van der Waals surface area contributed by atoms with Crippen molar-refractivity contribution in [2.24, 2.45) is 0 Å². The van der Waals surface area contributed by atoms with Crippen LogP contribution in [0.25, 0.3) is 11.2 Å². The number of carbonyl (C=O) groups excluding carboxylic acids is 1. The normalized spacial score (nSPS) is 19.3. The molecule has 7 nitrogen and oxygen atoms in total. The van der Waals surface area contributed by atoms with Gasteiger partial charge in [-0.2, -0.15) is 0 Å². The molecular weight excluding hydrogens is 246 g/mol. The van der Waals surface area contributed by atoms with Gasteiger partial charge in [0, 0.05) is 11.1 Å². The molecule has 2 aromatic rings. The number of fused-ring (bicyclic) bond motifs is 1. The number of ether oxygens (including phenoxy) is 1. The van der Waals surface area contributed by atoms with Crippen molar-refractivity contribution in [3.8, 4) is 0 Å². The second-order valence-electron chi connectivity index (χ2n) is 4.34. The molecule has 19 heavy (non-hydrogen) atoms. The fraction of sp³-hybridized carbons (Fsp3) is 0.333. The molecule has 1 aliphatic heterocycles. The summed E-state index contributed by atoms with van der Waals surface area (Å²) in [5, 5.41) is 0. The van der Waals surface area contributed by atoms with Gasteiger partial charge in [0.25, 0.3) is 0 Å². The van der Waals surface area contributed by atoms with E-state index in [1.807, 2.05) is 6.92 Å². The zero-order valence-corrected chi connectivity index (χ0v) is 10.6. The monoisotopic (exact) mass is 259 g/mol. The van der Waals surface area contributed by atoms with Gasteiger partial charge in [-0.25, -0.2) is 19.7 Å². The van der Waals surface area contributed by atoms with Crippen molar-refractivity contribution in [2.75, 3.05) is 5.73 Å². The summed E-state index contributed by atoms with van der Waals surface area (Å²) in [4.78, 5) is 23.9. The van der Waals surface area contributed by atoms with E-state index in [0.717, 1.165) is 12.0 Å². The highest BCUT2D eigenvalue weighted by atomic mass is 16.6. The fourth-order valence-corrected chi connectivity index (χ4v) is 2.28. The Balaban J connectivity index is 2.16. The van der Waals surface area contributed by atoms with Crippen LogP contribution in [0.15, 0.2) is 23.8 Å². The summed E-state index contributed by atoms with van der Waals surface area (Å²) in [6.45, 7) is 3.75. The van der Waals surface area contributed by atoms with Crippen molar-refractivity contribution in [1.82, 2.24) is 19.5 Å². The molecule has 2 aromatic heterocycles. The summed E-state index contributed by atoms with van der Waals surface area (Å²) in [7, 11) is 0. The van der Waals surface area contributed by atoms with Crippen LogP contribution >= 0.6 is 0 Å². The number of rotatable bonds is 2. The maximum Gasteiger partial charge on any atom is 0.336 e. The van der Waals surface area contributed by atoms with Crippen LogP contribution < -0.4 is 5.73 Å². The molecule has 0 spiro atoms. The molecule has 0 saturated carbocycles. The molecule has 0 radical (unpaired) electrons. The first-order valence-corrected chi connectivity index (χ1v) is 5.97. The van der Waals surface area contributed by atoms with E-state index in [4.69, 9.17) is 10.5 Å². The lowest BCUT2D eigenvalue weighted by molar-refractivity contribution is -0.142. The first-order chi connectivity index (χ1) is 9.13. The summed E-state index contributed by atoms with van der Waals surface area (Å²) >= 11 is 0. The summed E-state index contributed by atoms with van der Waals surface area (Å²) < 4.78 is 7.09. The van der Waals surface area contributed by atoms with E-state index >= 15 is 0 Å². The largest absolute Gasteiger partial charge is 0.434 e. The lowest BCUT2D eigenvalue weighted by Crippen LogP contribution is -2.12. The van der Waals surface area contributed by atoms with Crippen molar-refractivity contribution < 1.29 is 9.53 Å². The second-order valence-corrected chi connectivity index (χ2v) is 4.34. The summed E-state index contributed by atoms with van der Waals surface area (Å²) in [5.74, 6) is 0.0116. The van der Waals surface area contributed by atoms with Crippen LogP contribution in [0.1, 0.15) is 26.5 Å². The predicted molar refractivity (Wildman–Crippen MR) is 67.9 cm³/mol. The average molecular weight is 259 g/mol. The van der Waals surface area contributed by atoms with E-state index in [9.17, 15) is 4.79 Å². The van der Waals surface area contributed by atoms with E-state index in [1.165, 1.54) is 6.33 Å². The highest BCUT2D eigenvalue weighted by Gasteiger charge is 2.32. The molecule has 2 N–H and O–H groups in total. The van der Waals surface area contributed by atoms with Gasteiger partial charge in [-0.05, 0) is 13.3 Å². The van der Waals surface area contributed by atoms with Crippen molar-refractivity contribution >= 4 is 23.0 Å². The van der Waals surface area contributed by atoms with Crippen LogP contribution in [0.2, 0.25) is 0 Å². The number of nitrogen functional groups attached to an aromatic ring is 1. The third kappa shape index (κ3) is 1.58. The maximum atomic E-state index is 11.7. The number of nitrogens with zero attached hydrogens (tertiary/aromatic N) is 4. The SMILES string of the molecule is CCC1=C(C)C(=O)O[C@@H]1n1cnc2c(N)ncnc21. The molecule has 0 amide bonds. The Kier molecular flexibility index (Phi) is 2.48. The zero-order valence-electron chi connectivity index (χ0n) is 10.6. The van der Waals surface area contributed by atoms with Gasteiger partial charge in [-0.3, -0.25) is 4.57 Å². The van der Waals surface area contributed by atoms with E-state index in [0.29, 0.717) is 22.6 Å². The summed E-state index contributed by atoms with van der Waals surface area (Å²) in [6, 6.07) is 0. The molecule has 1 aliphatic rings. The topological polar surface area (TPSA) is 95.9 Å². The highest BCUT2D eigenvalue weighted by molar-refractivity contribution is 5.91. The number of aromatic nitrogens is 4. The van der Waals surface area contributed by atoms with E-state index < -0.39 is 6.23 Å². The number of esters is 1. The second kappa shape index (κ2) is 4.04. The van der Waals surface area contributed by atoms with Crippen molar-refractivity contribution in [3.05, 3.63) is 23.8 Å². The molecule has 3 heterocycles. The first-order valence-electron chi connectivity index (χ1n) is 5.97. The van der Waals surface area contributed by atoms with Gasteiger partial charge in [-0.1, -0.05) is 6.92 Å². The molecule has 0 aliphatic carbocycles. The molecule has 0 aromatic carbocycles. The number of nitrogens with two attached hydrogens (primary N) is 1. The number of hydrogen-bond acceptors (Lipinski definition) is 6. The number of anilines is 1. The fourth-order valence-electron chi connectivity index (χ4n) is 2.28. The predicted octanol–water partition coefficient (Wildman–Crippen LogP) is 1.19. The minimum absolute atomic E-state index is 0.300. The van der Waals surface area contributed by atoms with Gasteiger partial charge in [0.2, 0.25) is 6.23 Å². The Bertz CT molecular complexity index is 703. The smallest absolute Gasteiger partial charge is 0.336 e. The number of imidazole rings is 1. The van der Waals surface area contributed by atoms with Gasteiger partial charge < -0.3 is 10.5 Å². The summed E-state index contributed by atoms with van der Waals surface area (Å²) in [5.41, 5.74) is 8.40. The van der Waals surface area contributed by atoms with Crippen molar-refractivity contribution in [2.45, 2.75) is 26.5 Å². The lowest BCUT2D eigenvalue weighted by Gasteiger charge is -2.15. The van der Waals surface area contributed by atoms with Crippen molar-refractivity contribution in [1.29, 1.82) is 0 Å². The number of carbonyl (C=O) groups is 1. The van der Waals surface area contributed by atoms with Crippen LogP contribution in [-0.4, -0.2) is 25.5 Å². The van der Waals surface area contributed by atoms with Crippen molar-refractivity contribution in [3.63, 3.8) is 0 Å². The third-order valence-corrected chi connectivity index (χ3v) is 3.33. The Morgan fingerprint density at radius 3 is 2.95 bits per heavy atom. The third-order valence-electron chi connectivity index (χ3n) is 3.33. The minimum atomic E-state index is -0.489. The molecule has 0 unspecified atom stereocenters. The standard InChI is InChI=1S/C12H13N5O2/c1-3-7-6(2)12(18)19-11(7)17-5-16-8-9(13)14-4-15-10(8)17/h4-5,11H,3H2,1-2H3,(H2,13,14,15)/t11-/m0/s1. The molecule has 0 fully saturated rings. The zero-order chi connectivity index (χ0) is 13.6. The van der Waals surface area contributed by atoms with Crippen LogP contribution in [0.4, 0.5) is 5.82 Å². The molecular formula is C12H13N5O2. The van der Waals surface area contributed by atoms with Gasteiger partial charge in [0.05, 0.1) is 0 Å². The number of cyclic esters (lactones) is 1. The maximum absolute atomic E-state index is 11.7. The van der Waals surface area contributed by atoms with Gasteiger partial charge in [-0.15, -0.1) is 0 Å². The molecule has 0 saturated heterocycles. The average Bonchev–Trinajstić information content (AvgIpc) is 2.93. The summed E-state index contributed by atoms with van der Waals surface area (Å²) in [6.07, 6.45) is 3.18. The quantitative estimate of drug-likeness (QED) is 0.814. The molecule has 0 bridgehead atoms. The van der Waals surface area contributed by atoms with Crippen LogP contribution in [0, 0.1) is 0 Å². The Morgan fingerprint density at radius 2 is 2.21 bits per heavy atom. The minimum Gasteiger partial charge on any atom is -0.434 e. The van der Waals surface area contributed by atoms with E-state index in [1.54, 1.807) is 17.8 Å². The van der Waals surface area contributed by atoms with Crippen LogP contribution in [-0.2, 0) is 9.53 Å². The van der Waals surface area contributed by atoms with E-state index in [2.05, 4.69) is 15.0 Å². The Morgan fingerprint density at radius 1 is 1.42 bits per heavy atom. The lowest BCUT2D eigenvalue weighted by atomic mass is 10.1. The number of hydrogen-bond donors (Lipinski definition) is 1. The highest BCUT2D eigenvalue weighted by Crippen LogP contribution is 2.34. The molecule has 1 atom stereocenters. The Labute approximate surface area is 109 Å². The van der Waals surface area contributed by atoms with E-state index in [-0.39, 0.29) is 5.97 Å². The molecule has 3 rings (SSSR count). The molecule has 7 heteroatoms. The van der Waals surface area contributed by atoms with Gasteiger partial charge in [0.1, 0.15) is 18.2 Å². The van der Waals surface area contributed by atoms with Crippen LogP contribution in [0.3, 0.4) is 0 Å². The van der Waals surface area contributed by atoms with Gasteiger partial charge in [0.15, 0.2) is 11.5 Å². The van der Waals surface area contributed by atoms with Crippen LogP contribution in [0.5, 0.6) is 0 Å².